The molecule has 4 rings (SSSR count). The molecule has 2 heterocycles. The fraction of sp³-hybridized carbons (Fsp3) is 0.300. The van der Waals surface area contributed by atoms with E-state index in [0.717, 1.165) is 15.2 Å². The lowest BCUT2D eigenvalue weighted by molar-refractivity contribution is -0.128. The number of halogens is 1. The molecule has 1 N–H and O–H groups in total. The number of nitrogens with zero attached hydrogens (tertiary/aromatic N) is 2. The number of thiazole rings is 1. The third-order valence-electron chi connectivity index (χ3n) is 4.58. The molecule has 0 saturated carbocycles. The lowest BCUT2D eigenvalue weighted by Gasteiger charge is -2.33. The maximum absolute atomic E-state index is 13.7. The van der Waals surface area contributed by atoms with Gasteiger partial charge in [-0.1, -0.05) is 24.3 Å². The Morgan fingerprint density at radius 2 is 2.04 bits per heavy atom. The number of amides is 1. The predicted molar refractivity (Wildman–Crippen MR) is 103 cm³/mol. The Morgan fingerprint density at radius 1 is 1.22 bits per heavy atom. The largest absolute Gasteiger partial charge is 0.379 e. The van der Waals surface area contributed by atoms with Crippen molar-refractivity contribution in [3.8, 4) is 0 Å². The van der Waals surface area contributed by atoms with Gasteiger partial charge in [-0.05, 0) is 29.8 Å². The molecule has 5 nitrogen and oxygen atoms in total. The van der Waals surface area contributed by atoms with E-state index in [2.05, 4.69) is 10.3 Å². The Kier molecular flexibility index (Phi) is 5.42. The first-order valence-corrected chi connectivity index (χ1v) is 9.72. The highest BCUT2D eigenvalue weighted by molar-refractivity contribution is 7.18. The van der Waals surface area contributed by atoms with E-state index in [9.17, 15) is 9.18 Å². The number of ether oxygens (including phenoxy) is 1. The van der Waals surface area contributed by atoms with Crippen molar-refractivity contribution in [2.45, 2.75) is 12.6 Å². The van der Waals surface area contributed by atoms with Crippen molar-refractivity contribution >= 4 is 27.5 Å². The standard InChI is InChI=1S/C20H20FN3O2S/c21-15-5-3-4-14(12-15)19(24-8-10-26-11-9-24)20(25)22-13-18-23-16-6-1-2-7-17(16)27-18/h1-7,12,19H,8-11,13H2,(H,22,25). The van der Waals surface area contributed by atoms with E-state index in [1.807, 2.05) is 29.2 Å². The number of morpholine rings is 1. The van der Waals surface area contributed by atoms with Crippen LogP contribution in [0.4, 0.5) is 4.39 Å². The van der Waals surface area contributed by atoms with Crippen LogP contribution in [-0.4, -0.2) is 42.1 Å². The number of hydrogen-bond donors (Lipinski definition) is 1. The van der Waals surface area contributed by atoms with Gasteiger partial charge in [0.05, 0.1) is 30.0 Å². The van der Waals surface area contributed by atoms with Crippen LogP contribution in [-0.2, 0) is 16.1 Å². The molecule has 1 unspecified atom stereocenters. The van der Waals surface area contributed by atoms with Gasteiger partial charge in [0.2, 0.25) is 5.91 Å². The van der Waals surface area contributed by atoms with E-state index in [4.69, 9.17) is 4.74 Å². The molecule has 140 valence electrons. The maximum Gasteiger partial charge on any atom is 0.242 e. The van der Waals surface area contributed by atoms with Gasteiger partial charge in [0.1, 0.15) is 16.9 Å². The molecular weight excluding hydrogens is 365 g/mol. The van der Waals surface area contributed by atoms with Crippen LogP contribution in [0.2, 0.25) is 0 Å². The van der Waals surface area contributed by atoms with Crippen molar-refractivity contribution in [2.24, 2.45) is 0 Å². The van der Waals surface area contributed by atoms with E-state index >= 15 is 0 Å². The zero-order valence-corrected chi connectivity index (χ0v) is 15.5. The number of rotatable bonds is 5. The minimum atomic E-state index is -0.543. The quantitative estimate of drug-likeness (QED) is 0.733. The van der Waals surface area contributed by atoms with Gasteiger partial charge >= 0.3 is 0 Å². The van der Waals surface area contributed by atoms with Crippen molar-refractivity contribution in [3.05, 3.63) is 64.9 Å². The Bertz CT molecular complexity index is 907. The molecule has 1 saturated heterocycles. The number of fused-ring (bicyclic) bond motifs is 1. The van der Waals surface area contributed by atoms with Crippen molar-refractivity contribution in [3.63, 3.8) is 0 Å². The van der Waals surface area contributed by atoms with Crippen molar-refractivity contribution in [2.75, 3.05) is 26.3 Å². The van der Waals surface area contributed by atoms with Gasteiger partial charge in [0.25, 0.3) is 0 Å². The Hall–Kier alpha value is -2.35. The SMILES string of the molecule is O=C(NCc1nc2ccccc2s1)C(c1cccc(F)c1)N1CCOCC1. The fourth-order valence-corrected chi connectivity index (χ4v) is 4.20. The van der Waals surface area contributed by atoms with Gasteiger partial charge in [-0.3, -0.25) is 9.69 Å². The summed E-state index contributed by atoms with van der Waals surface area (Å²) in [5, 5.41) is 3.83. The monoisotopic (exact) mass is 385 g/mol. The summed E-state index contributed by atoms with van der Waals surface area (Å²) in [7, 11) is 0. The molecule has 1 aromatic heterocycles. The molecule has 27 heavy (non-hydrogen) atoms. The highest BCUT2D eigenvalue weighted by Crippen LogP contribution is 2.24. The Labute approximate surface area is 160 Å². The topological polar surface area (TPSA) is 54.5 Å². The highest BCUT2D eigenvalue weighted by Gasteiger charge is 2.29. The lowest BCUT2D eigenvalue weighted by atomic mass is 10.0. The zero-order chi connectivity index (χ0) is 18.6. The summed E-state index contributed by atoms with van der Waals surface area (Å²) < 4.78 is 20.2. The Morgan fingerprint density at radius 3 is 2.81 bits per heavy atom. The molecule has 1 aliphatic heterocycles. The average Bonchev–Trinajstić information content (AvgIpc) is 3.11. The first-order chi connectivity index (χ1) is 13.2. The molecule has 0 aliphatic carbocycles. The van der Waals surface area contributed by atoms with Gasteiger partial charge in [0, 0.05) is 13.1 Å². The minimum Gasteiger partial charge on any atom is -0.379 e. The van der Waals surface area contributed by atoms with Crippen LogP contribution in [0.1, 0.15) is 16.6 Å². The van der Waals surface area contributed by atoms with Crippen LogP contribution in [0, 0.1) is 5.82 Å². The number of carbonyl (C=O) groups is 1. The summed E-state index contributed by atoms with van der Waals surface area (Å²) in [5.41, 5.74) is 1.58. The number of nitrogens with one attached hydrogen (secondary N) is 1. The second-order valence-electron chi connectivity index (χ2n) is 6.40. The molecule has 0 bridgehead atoms. The number of aromatic nitrogens is 1. The van der Waals surface area contributed by atoms with E-state index < -0.39 is 6.04 Å². The van der Waals surface area contributed by atoms with Gasteiger partial charge in [-0.15, -0.1) is 11.3 Å². The van der Waals surface area contributed by atoms with Gasteiger partial charge in [-0.2, -0.15) is 0 Å². The van der Waals surface area contributed by atoms with Crippen LogP contribution in [0.15, 0.2) is 48.5 Å². The van der Waals surface area contributed by atoms with E-state index in [0.29, 0.717) is 38.4 Å². The molecule has 1 aliphatic rings. The third-order valence-corrected chi connectivity index (χ3v) is 5.61. The van der Waals surface area contributed by atoms with Gasteiger partial charge in [0.15, 0.2) is 0 Å². The second kappa shape index (κ2) is 8.12. The summed E-state index contributed by atoms with van der Waals surface area (Å²) >= 11 is 1.57. The van der Waals surface area contributed by atoms with Crippen molar-refractivity contribution in [1.82, 2.24) is 15.2 Å². The fourth-order valence-electron chi connectivity index (χ4n) is 3.30. The van der Waals surface area contributed by atoms with E-state index in [1.165, 1.54) is 12.1 Å². The smallest absolute Gasteiger partial charge is 0.242 e. The summed E-state index contributed by atoms with van der Waals surface area (Å²) in [4.78, 5) is 19.6. The van der Waals surface area contributed by atoms with Crippen LogP contribution in [0.3, 0.4) is 0 Å². The van der Waals surface area contributed by atoms with E-state index in [-0.39, 0.29) is 11.7 Å². The normalized spacial score (nSPS) is 16.3. The molecule has 0 radical (unpaired) electrons. The predicted octanol–water partition coefficient (Wildman–Crippen LogP) is 3.13. The zero-order valence-electron chi connectivity index (χ0n) is 14.7. The summed E-state index contributed by atoms with van der Waals surface area (Å²) in [6.45, 7) is 2.76. The number of benzene rings is 2. The number of carbonyl (C=O) groups excluding carboxylic acids is 1. The van der Waals surface area contributed by atoms with Crippen LogP contribution in [0.25, 0.3) is 10.2 Å². The van der Waals surface area contributed by atoms with Crippen LogP contribution < -0.4 is 5.32 Å². The van der Waals surface area contributed by atoms with Crippen LogP contribution in [0.5, 0.6) is 0 Å². The van der Waals surface area contributed by atoms with Crippen molar-refractivity contribution in [1.29, 1.82) is 0 Å². The molecule has 1 amide bonds. The maximum atomic E-state index is 13.7. The summed E-state index contributed by atoms with van der Waals surface area (Å²) in [6, 6.07) is 13.6. The molecule has 1 fully saturated rings. The van der Waals surface area contributed by atoms with Gasteiger partial charge in [-0.25, -0.2) is 9.37 Å². The number of hydrogen-bond acceptors (Lipinski definition) is 5. The number of para-hydroxylation sites is 1. The third kappa shape index (κ3) is 4.16. The first kappa shape index (κ1) is 18.0. The molecule has 3 aromatic rings. The molecule has 1 atom stereocenters. The summed E-state index contributed by atoms with van der Waals surface area (Å²) in [6.07, 6.45) is 0. The minimum absolute atomic E-state index is 0.151. The molecule has 0 spiro atoms. The molecule has 7 heteroatoms. The average molecular weight is 385 g/mol. The first-order valence-electron chi connectivity index (χ1n) is 8.90. The van der Waals surface area contributed by atoms with E-state index in [1.54, 1.807) is 23.5 Å². The van der Waals surface area contributed by atoms with Gasteiger partial charge < -0.3 is 10.1 Å². The Balaban J connectivity index is 1.52. The second-order valence-corrected chi connectivity index (χ2v) is 7.51. The molecule has 2 aromatic carbocycles. The highest BCUT2D eigenvalue weighted by atomic mass is 32.1. The summed E-state index contributed by atoms with van der Waals surface area (Å²) in [5.74, 6) is -0.494. The van der Waals surface area contributed by atoms with Crippen molar-refractivity contribution < 1.29 is 13.9 Å². The molecular formula is C20H20FN3O2S. The lowest BCUT2D eigenvalue weighted by Crippen LogP contribution is -2.45. The van der Waals surface area contributed by atoms with Crippen LogP contribution >= 0.6 is 11.3 Å².